The summed E-state index contributed by atoms with van der Waals surface area (Å²) in [5.74, 6) is 0.0357. The number of nitrogens with two attached hydrogens (primary N) is 1. The quantitative estimate of drug-likeness (QED) is 0.907. The van der Waals surface area contributed by atoms with Crippen LogP contribution in [0.3, 0.4) is 0 Å². The minimum Gasteiger partial charge on any atom is -0.336 e. The van der Waals surface area contributed by atoms with E-state index in [9.17, 15) is 9.59 Å². The van der Waals surface area contributed by atoms with E-state index in [1.165, 1.54) is 0 Å². The van der Waals surface area contributed by atoms with E-state index in [1.807, 2.05) is 36.1 Å². The summed E-state index contributed by atoms with van der Waals surface area (Å²) in [7, 11) is 0. The van der Waals surface area contributed by atoms with Crippen LogP contribution in [0, 0.1) is 0 Å². The van der Waals surface area contributed by atoms with Gasteiger partial charge >= 0.3 is 0 Å². The van der Waals surface area contributed by atoms with Gasteiger partial charge in [-0.25, -0.2) is 0 Å². The molecule has 2 amide bonds. The molecule has 0 radical (unpaired) electrons. The maximum absolute atomic E-state index is 12.7. The van der Waals surface area contributed by atoms with Crippen LogP contribution in [0.2, 0.25) is 0 Å². The molecule has 2 N–H and O–H groups in total. The number of fused-ring (bicyclic) bond motifs is 1. The Labute approximate surface area is 143 Å². The molecule has 1 aromatic carbocycles. The van der Waals surface area contributed by atoms with Crippen LogP contribution >= 0.6 is 12.4 Å². The summed E-state index contributed by atoms with van der Waals surface area (Å²) in [6.07, 6.45) is 2.85. The molecule has 2 fully saturated rings. The summed E-state index contributed by atoms with van der Waals surface area (Å²) in [4.78, 5) is 28.8. The molecule has 6 heteroatoms. The van der Waals surface area contributed by atoms with E-state index in [0.29, 0.717) is 18.7 Å². The highest BCUT2D eigenvalue weighted by Crippen LogP contribution is 2.26. The zero-order valence-electron chi connectivity index (χ0n) is 13.4. The second-order valence-electron chi connectivity index (χ2n) is 6.20. The Kier molecular flexibility index (Phi) is 5.65. The van der Waals surface area contributed by atoms with E-state index in [2.05, 4.69) is 0 Å². The predicted molar refractivity (Wildman–Crippen MR) is 91.7 cm³/mol. The number of hydrogen-bond acceptors (Lipinski definition) is 3. The molecule has 23 heavy (non-hydrogen) atoms. The van der Waals surface area contributed by atoms with Gasteiger partial charge in [0.25, 0.3) is 5.91 Å². The Hall–Kier alpha value is -1.59. The van der Waals surface area contributed by atoms with Crippen molar-refractivity contribution in [3.05, 3.63) is 35.4 Å². The zero-order valence-corrected chi connectivity index (χ0v) is 14.2. The lowest BCUT2D eigenvalue weighted by Crippen LogP contribution is -2.60. The summed E-state index contributed by atoms with van der Waals surface area (Å²) in [5, 5.41) is 0. The molecular weight excluding hydrogens is 314 g/mol. The zero-order chi connectivity index (χ0) is 15.7. The van der Waals surface area contributed by atoms with Crippen LogP contribution in [-0.2, 0) is 11.2 Å². The normalized spacial score (nSPS) is 23.5. The fourth-order valence-corrected chi connectivity index (χ4v) is 3.48. The number of hydrogen-bond donors (Lipinski definition) is 1. The van der Waals surface area contributed by atoms with E-state index in [-0.39, 0.29) is 36.3 Å². The van der Waals surface area contributed by atoms with Gasteiger partial charge in [-0.05, 0) is 50.4 Å². The van der Waals surface area contributed by atoms with E-state index in [0.717, 1.165) is 31.4 Å². The minimum absolute atomic E-state index is 0. The third kappa shape index (κ3) is 3.35. The predicted octanol–water partition coefficient (Wildman–Crippen LogP) is 1.44. The number of rotatable bonds is 3. The van der Waals surface area contributed by atoms with Crippen LogP contribution in [0.15, 0.2) is 24.3 Å². The molecule has 0 aromatic heterocycles. The molecule has 3 rings (SSSR count). The first-order valence-electron chi connectivity index (χ1n) is 8.02. The SMILES string of the molecule is C[C@H]1C(=O)N2CCC[C@H]2CN1C(=O)c1ccc(CCN)cc1.Cl. The molecule has 0 unspecified atom stereocenters. The number of nitrogens with zero attached hydrogens (tertiary/aromatic N) is 2. The molecule has 2 aliphatic rings. The molecule has 2 heterocycles. The molecule has 0 spiro atoms. The summed E-state index contributed by atoms with van der Waals surface area (Å²) in [6, 6.07) is 7.39. The maximum atomic E-state index is 12.7. The van der Waals surface area contributed by atoms with Gasteiger partial charge < -0.3 is 15.5 Å². The Morgan fingerprint density at radius 3 is 2.65 bits per heavy atom. The van der Waals surface area contributed by atoms with Crippen LogP contribution in [0.5, 0.6) is 0 Å². The van der Waals surface area contributed by atoms with Crippen molar-refractivity contribution >= 4 is 24.2 Å². The number of piperazine rings is 1. The first-order chi connectivity index (χ1) is 10.6. The smallest absolute Gasteiger partial charge is 0.254 e. The second-order valence-corrected chi connectivity index (χ2v) is 6.20. The summed E-state index contributed by atoms with van der Waals surface area (Å²) >= 11 is 0. The summed E-state index contributed by atoms with van der Waals surface area (Å²) in [5.41, 5.74) is 7.31. The van der Waals surface area contributed by atoms with Crippen LogP contribution in [0.1, 0.15) is 35.7 Å². The average Bonchev–Trinajstić information content (AvgIpc) is 3.00. The monoisotopic (exact) mass is 337 g/mol. The van der Waals surface area contributed by atoms with Gasteiger partial charge in [0.1, 0.15) is 6.04 Å². The molecule has 0 bridgehead atoms. The van der Waals surface area contributed by atoms with Crippen molar-refractivity contribution in [3.63, 3.8) is 0 Å². The molecule has 2 saturated heterocycles. The number of amides is 2. The molecule has 5 nitrogen and oxygen atoms in total. The Morgan fingerprint density at radius 1 is 1.30 bits per heavy atom. The van der Waals surface area contributed by atoms with Gasteiger partial charge in [-0.2, -0.15) is 0 Å². The lowest BCUT2D eigenvalue weighted by molar-refractivity contribution is -0.141. The second kappa shape index (κ2) is 7.32. The topological polar surface area (TPSA) is 66.6 Å². The van der Waals surface area contributed by atoms with Crippen molar-refractivity contribution in [2.24, 2.45) is 5.73 Å². The Morgan fingerprint density at radius 2 is 2.00 bits per heavy atom. The van der Waals surface area contributed by atoms with Crippen molar-refractivity contribution in [1.29, 1.82) is 0 Å². The highest BCUT2D eigenvalue weighted by Gasteiger charge is 2.42. The van der Waals surface area contributed by atoms with Crippen molar-refractivity contribution in [1.82, 2.24) is 9.80 Å². The molecule has 0 saturated carbocycles. The highest BCUT2D eigenvalue weighted by atomic mass is 35.5. The van der Waals surface area contributed by atoms with Gasteiger partial charge in [-0.15, -0.1) is 12.4 Å². The summed E-state index contributed by atoms with van der Waals surface area (Å²) in [6.45, 7) is 3.92. The van der Waals surface area contributed by atoms with Gasteiger partial charge in [0.15, 0.2) is 0 Å². The van der Waals surface area contributed by atoms with Crippen molar-refractivity contribution < 1.29 is 9.59 Å². The van der Waals surface area contributed by atoms with E-state index >= 15 is 0 Å². The number of benzene rings is 1. The van der Waals surface area contributed by atoms with Gasteiger partial charge in [0, 0.05) is 24.7 Å². The Balaban J connectivity index is 0.00000192. The van der Waals surface area contributed by atoms with Crippen molar-refractivity contribution in [2.75, 3.05) is 19.6 Å². The van der Waals surface area contributed by atoms with Gasteiger partial charge in [0.2, 0.25) is 5.91 Å². The minimum atomic E-state index is -0.370. The van der Waals surface area contributed by atoms with Crippen LogP contribution < -0.4 is 5.73 Å². The molecule has 0 aliphatic carbocycles. The summed E-state index contributed by atoms with van der Waals surface area (Å²) < 4.78 is 0. The fourth-order valence-electron chi connectivity index (χ4n) is 3.48. The van der Waals surface area contributed by atoms with Gasteiger partial charge in [-0.3, -0.25) is 9.59 Å². The number of carbonyl (C=O) groups is 2. The Bertz CT molecular complexity index is 576. The lowest BCUT2D eigenvalue weighted by atomic mass is 10.0. The molecule has 126 valence electrons. The van der Waals surface area contributed by atoms with Crippen LogP contribution in [0.25, 0.3) is 0 Å². The fraction of sp³-hybridized carbons (Fsp3) is 0.529. The largest absolute Gasteiger partial charge is 0.336 e. The van der Waals surface area contributed by atoms with Gasteiger partial charge in [0.05, 0.1) is 0 Å². The van der Waals surface area contributed by atoms with Crippen molar-refractivity contribution in [2.45, 2.75) is 38.3 Å². The number of carbonyl (C=O) groups excluding carboxylic acids is 2. The van der Waals surface area contributed by atoms with E-state index < -0.39 is 0 Å². The highest BCUT2D eigenvalue weighted by molar-refractivity contribution is 5.98. The van der Waals surface area contributed by atoms with Gasteiger partial charge in [-0.1, -0.05) is 12.1 Å². The standard InChI is InChI=1S/C17H23N3O2.ClH/c1-12-16(21)19-10-2-3-15(19)11-20(12)17(22)14-6-4-13(5-7-14)8-9-18;/h4-7,12,15H,2-3,8-11,18H2,1H3;1H/t12-,15-;/m0./s1. The molecule has 1 aromatic rings. The molecule has 2 atom stereocenters. The van der Waals surface area contributed by atoms with Crippen molar-refractivity contribution in [3.8, 4) is 0 Å². The van der Waals surface area contributed by atoms with Crippen LogP contribution in [-0.4, -0.2) is 53.3 Å². The van der Waals surface area contributed by atoms with E-state index in [1.54, 1.807) is 4.90 Å². The first-order valence-corrected chi connectivity index (χ1v) is 8.02. The average molecular weight is 338 g/mol. The molecular formula is C17H24ClN3O2. The third-order valence-corrected chi connectivity index (χ3v) is 4.79. The number of halogens is 1. The maximum Gasteiger partial charge on any atom is 0.254 e. The third-order valence-electron chi connectivity index (χ3n) is 4.79. The van der Waals surface area contributed by atoms with Crippen LogP contribution in [0.4, 0.5) is 0 Å². The first kappa shape index (κ1) is 17.8. The molecule has 2 aliphatic heterocycles. The van der Waals surface area contributed by atoms with E-state index in [4.69, 9.17) is 5.73 Å². The lowest BCUT2D eigenvalue weighted by Gasteiger charge is -2.41.